The Morgan fingerprint density at radius 1 is 0.952 bits per heavy atom. The van der Waals surface area contributed by atoms with Crippen molar-refractivity contribution < 1.29 is 0 Å². The molecule has 0 spiro atoms. The molecule has 0 aliphatic carbocycles. The molecule has 1 heterocycles. The van der Waals surface area contributed by atoms with E-state index < -0.39 is 0 Å². The van der Waals surface area contributed by atoms with Gasteiger partial charge in [-0.1, -0.05) is 41.4 Å². The van der Waals surface area contributed by atoms with E-state index in [9.17, 15) is 0 Å². The summed E-state index contributed by atoms with van der Waals surface area (Å²) >= 11 is 12.1. The molecule has 21 heavy (non-hydrogen) atoms. The summed E-state index contributed by atoms with van der Waals surface area (Å²) in [6.45, 7) is 0.288. The predicted molar refractivity (Wildman–Crippen MR) is 84.7 cm³/mol. The van der Waals surface area contributed by atoms with Crippen LogP contribution in [0.25, 0.3) is 17.1 Å². The van der Waals surface area contributed by atoms with E-state index in [0.717, 1.165) is 11.3 Å². The zero-order valence-corrected chi connectivity index (χ0v) is 12.5. The lowest BCUT2D eigenvalue weighted by Crippen LogP contribution is -2.07. The van der Waals surface area contributed by atoms with Crippen molar-refractivity contribution in [3.63, 3.8) is 0 Å². The van der Waals surface area contributed by atoms with Crippen LogP contribution in [0.3, 0.4) is 0 Å². The van der Waals surface area contributed by atoms with Crippen molar-refractivity contribution in [1.82, 2.24) is 14.8 Å². The zero-order chi connectivity index (χ0) is 14.8. The van der Waals surface area contributed by atoms with Crippen molar-refractivity contribution in [3.05, 3.63) is 64.4 Å². The number of hydrogen-bond acceptors (Lipinski definition) is 3. The second-order valence-corrected chi connectivity index (χ2v) is 5.35. The minimum atomic E-state index is 0.288. The second kappa shape index (κ2) is 5.85. The average Bonchev–Trinajstić information content (AvgIpc) is 2.91. The van der Waals surface area contributed by atoms with Crippen molar-refractivity contribution in [2.75, 3.05) is 0 Å². The lowest BCUT2D eigenvalue weighted by Gasteiger charge is -2.10. The maximum absolute atomic E-state index is 6.07. The molecule has 2 aromatic carbocycles. The number of para-hydroxylation sites is 1. The molecule has 0 unspecified atom stereocenters. The summed E-state index contributed by atoms with van der Waals surface area (Å²) in [5.41, 5.74) is 7.50. The maximum Gasteiger partial charge on any atom is 0.168 e. The van der Waals surface area contributed by atoms with Gasteiger partial charge in [0.2, 0.25) is 0 Å². The summed E-state index contributed by atoms with van der Waals surface area (Å²) in [7, 11) is 0. The molecule has 3 rings (SSSR count). The van der Waals surface area contributed by atoms with E-state index in [4.69, 9.17) is 28.9 Å². The van der Waals surface area contributed by atoms with Gasteiger partial charge in [-0.05, 0) is 30.3 Å². The number of hydrogen-bond donors (Lipinski definition) is 1. The Bertz CT molecular complexity index is 748. The highest BCUT2D eigenvalue weighted by molar-refractivity contribution is 6.35. The number of aromatic nitrogens is 3. The van der Waals surface area contributed by atoms with Gasteiger partial charge in [0.25, 0.3) is 0 Å². The van der Waals surface area contributed by atoms with Gasteiger partial charge >= 0.3 is 0 Å². The molecule has 106 valence electrons. The molecular formula is C15H12Cl2N4. The highest BCUT2D eigenvalue weighted by atomic mass is 35.5. The number of halogens is 2. The maximum atomic E-state index is 6.07. The van der Waals surface area contributed by atoms with E-state index in [1.165, 1.54) is 0 Å². The van der Waals surface area contributed by atoms with Crippen molar-refractivity contribution in [3.8, 4) is 17.1 Å². The zero-order valence-electron chi connectivity index (χ0n) is 11.0. The number of benzene rings is 2. The Kier molecular flexibility index (Phi) is 3.92. The Morgan fingerprint density at radius 2 is 1.62 bits per heavy atom. The molecule has 3 aromatic rings. The van der Waals surface area contributed by atoms with Gasteiger partial charge in [-0.3, -0.25) is 4.57 Å². The third-order valence-corrected chi connectivity index (χ3v) is 3.48. The third-order valence-electron chi connectivity index (χ3n) is 3.05. The molecule has 0 radical (unpaired) electrons. The lowest BCUT2D eigenvalue weighted by molar-refractivity contribution is 0.861. The second-order valence-electron chi connectivity index (χ2n) is 4.47. The molecule has 6 heteroatoms. The van der Waals surface area contributed by atoms with E-state index in [2.05, 4.69) is 10.2 Å². The van der Waals surface area contributed by atoms with Gasteiger partial charge in [-0.25, -0.2) is 0 Å². The Hall–Kier alpha value is -1.88. The van der Waals surface area contributed by atoms with Crippen LogP contribution >= 0.6 is 23.2 Å². The molecule has 0 amide bonds. The van der Waals surface area contributed by atoms with Crippen molar-refractivity contribution >= 4 is 23.2 Å². The van der Waals surface area contributed by atoms with E-state index in [1.54, 1.807) is 18.2 Å². The van der Waals surface area contributed by atoms with Crippen molar-refractivity contribution in [2.24, 2.45) is 5.73 Å². The predicted octanol–water partition coefficient (Wildman–Crippen LogP) is 3.70. The van der Waals surface area contributed by atoms with Crippen LogP contribution in [0.1, 0.15) is 5.82 Å². The van der Waals surface area contributed by atoms with Gasteiger partial charge in [-0.2, -0.15) is 0 Å². The minimum absolute atomic E-state index is 0.288. The fraction of sp³-hybridized carbons (Fsp3) is 0.0667. The van der Waals surface area contributed by atoms with Crippen molar-refractivity contribution in [1.29, 1.82) is 0 Å². The van der Waals surface area contributed by atoms with Crippen LogP contribution < -0.4 is 5.73 Å². The van der Waals surface area contributed by atoms with Gasteiger partial charge < -0.3 is 5.73 Å². The highest BCUT2D eigenvalue weighted by Crippen LogP contribution is 2.28. The largest absolute Gasteiger partial charge is 0.324 e. The molecule has 0 atom stereocenters. The Labute approximate surface area is 132 Å². The van der Waals surface area contributed by atoms with Crippen LogP contribution in [0.5, 0.6) is 0 Å². The first-order valence-electron chi connectivity index (χ1n) is 6.35. The van der Waals surface area contributed by atoms with E-state index in [0.29, 0.717) is 21.7 Å². The summed E-state index contributed by atoms with van der Waals surface area (Å²) in [4.78, 5) is 0. The summed E-state index contributed by atoms with van der Waals surface area (Å²) < 4.78 is 1.90. The summed E-state index contributed by atoms with van der Waals surface area (Å²) in [5.74, 6) is 1.33. The summed E-state index contributed by atoms with van der Waals surface area (Å²) in [5, 5.41) is 9.48. The average molecular weight is 319 g/mol. The molecule has 0 aliphatic rings. The first-order valence-corrected chi connectivity index (χ1v) is 7.11. The fourth-order valence-electron chi connectivity index (χ4n) is 2.17. The molecule has 1 aromatic heterocycles. The summed E-state index contributed by atoms with van der Waals surface area (Å²) in [6, 6.07) is 15.1. The fourth-order valence-corrected chi connectivity index (χ4v) is 2.69. The Balaban J connectivity index is 2.22. The molecule has 0 aliphatic heterocycles. The number of nitrogens with zero attached hydrogens (tertiary/aromatic N) is 3. The van der Waals surface area contributed by atoms with Gasteiger partial charge in [-0.15, -0.1) is 10.2 Å². The SMILES string of the molecule is NCc1nnc(-c2cc(Cl)cc(Cl)c2)n1-c1ccccc1. The van der Waals surface area contributed by atoms with Gasteiger partial charge in [0.1, 0.15) is 0 Å². The molecule has 0 fully saturated rings. The van der Waals surface area contributed by atoms with Crippen LogP contribution in [0.4, 0.5) is 0 Å². The van der Waals surface area contributed by atoms with Gasteiger partial charge in [0.05, 0.1) is 6.54 Å². The quantitative estimate of drug-likeness (QED) is 0.801. The molecule has 4 nitrogen and oxygen atoms in total. The number of nitrogens with two attached hydrogens (primary N) is 1. The monoisotopic (exact) mass is 318 g/mol. The topological polar surface area (TPSA) is 56.7 Å². The minimum Gasteiger partial charge on any atom is -0.324 e. The number of rotatable bonds is 3. The van der Waals surface area contributed by atoms with Crippen LogP contribution in [0.15, 0.2) is 48.5 Å². The molecule has 2 N–H and O–H groups in total. The van der Waals surface area contributed by atoms with E-state index in [-0.39, 0.29) is 6.54 Å². The van der Waals surface area contributed by atoms with Crippen LogP contribution in [0, 0.1) is 0 Å². The first kappa shape index (κ1) is 14.1. The van der Waals surface area contributed by atoms with Gasteiger partial charge in [0.15, 0.2) is 11.6 Å². The van der Waals surface area contributed by atoms with Crippen LogP contribution in [-0.2, 0) is 6.54 Å². The third kappa shape index (κ3) is 2.78. The Morgan fingerprint density at radius 3 is 2.24 bits per heavy atom. The first-order chi connectivity index (χ1) is 10.2. The molecular weight excluding hydrogens is 307 g/mol. The van der Waals surface area contributed by atoms with E-state index >= 15 is 0 Å². The van der Waals surface area contributed by atoms with Crippen LogP contribution in [0.2, 0.25) is 10.0 Å². The smallest absolute Gasteiger partial charge is 0.168 e. The van der Waals surface area contributed by atoms with Crippen LogP contribution in [-0.4, -0.2) is 14.8 Å². The normalized spacial score (nSPS) is 10.8. The lowest BCUT2D eigenvalue weighted by atomic mass is 10.2. The molecule has 0 bridgehead atoms. The highest BCUT2D eigenvalue weighted by Gasteiger charge is 2.15. The van der Waals surface area contributed by atoms with Crippen molar-refractivity contribution in [2.45, 2.75) is 6.54 Å². The standard InChI is InChI=1S/C15H12Cl2N4/c16-11-6-10(7-12(17)8-11)15-20-19-14(9-18)21(15)13-4-2-1-3-5-13/h1-8H,9,18H2. The van der Waals surface area contributed by atoms with Gasteiger partial charge in [0, 0.05) is 21.3 Å². The molecule has 0 saturated carbocycles. The van der Waals surface area contributed by atoms with E-state index in [1.807, 2.05) is 34.9 Å². The summed E-state index contributed by atoms with van der Waals surface area (Å²) in [6.07, 6.45) is 0. The molecule has 0 saturated heterocycles.